The third kappa shape index (κ3) is 2.70. The lowest BCUT2D eigenvalue weighted by molar-refractivity contribution is -0.110. The number of hydrogen-bond donors (Lipinski definition) is 1. The minimum Gasteiger partial charge on any atom is -0.385 e. The van der Waals surface area contributed by atoms with Gasteiger partial charge in [0.05, 0.1) is 11.3 Å². The van der Waals surface area contributed by atoms with Crippen LogP contribution in [0.1, 0.15) is 53.8 Å². The molecule has 2 aromatic heterocycles. The van der Waals surface area contributed by atoms with Crippen LogP contribution >= 0.6 is 11.3 Å². The number of piperidine rings is 1. The van der Waals surface area contributed by atoms with Crippen molar-refractivity contribution in [2.45, 2.75) is 50.7 Å². The molecule has 1 aromatic carbocycles. The normalized spacial score (nSPS) is 27.7. The van der Waals surface area contributed by atoms with Crippen molar-refractivity contribution >= 4 is 22.2 Å². The summed E-state index contributed by atoms with van der Waals surface area (Å²) in [6, 6.07) is 10.1. The summed E-state index contributed by atoms with van der Waals surface area (Å²) in [6.45, 7) is 2.53. The summed E-state index contributed by atoms with van der Waals surface area (Å²) in [7, 11) is 0. The molecule has 0 radical (unpaired) electrons. The number of aromatic nitrogens is 2. The summed E-state index contributed by atoms with van der Waals surface area (Å²) in [5.41, 5.74) is 1.75. The van der Waals surface area contributed by atoms with Crippen LogP contribution < -0.4 is 0 Å². The number of benzene rings is 1. The van der Waals surface area contributed by atoms with E-state index in [-0.39, 0.29) is 17.9 Å². The van der Waals surface area contributed by atoms with Gasteiger partial charge in [-0.05, 0) is 31.7 Å². The molecule has 146 valence electrons. The van der Waals surface area contributed by atoms with E-state index in [0.29, 0.717) is 18.7 Å². The number of amides is 1. The van der Waals surface area contributed by atoms with Crippen molar-refractivity contribution in [1.29, 1.82) is 0 Å². The summed E-state index contributed by atoms with van der Waals surface area (Å²) < 4.78 is 1.91. The van der Waals surface area contributed by atoms with Crippen LogP contribution in [0.5, 0.6) is 0 Å². The standard InChI is InChI=1S/C22H25N3O2S/c1-15-13-25-19(14-28-21(25)23-15)20(26)24-12-11-22(27,16-7-3-2-4-8-16)17-9-5-6-10-18(17)24/h2-4,7-8,13-14,17-18,27H,5-6,9-12H2,1H3. The van der Waals surface area contributed by atoms with Crippen molar-refractivity contribution in [3.8, 4) is 0 Å². The minimum atomic E-state index is -0.849. The molecule has 28 heavy (non-hydrogen) atoms. The van der Waals surface area contributed by atoms with E-state index in [1.165, 1.54) is 11.3 Å². The molecule has 1 saturated heterocycles. The maximum absolute atomic E-state index is 13.5. The number of rotatable bonds is 2. The fraction of sp³-hybridized carbons (Fsp3) is 0.455. The van der Waals surface area contributed by atoms with Crippen molar-refractivity contribution in [2.24, 2.45) is 5.92 Å². The summed E-state index contributed by atoms with van der Waals surface area (Å²) in [6.07, 6.45) is 6.66. The maximum atomic E-state index is 13.5. The number of aryl methyl sites for hydroxylation is 1. The zero-order valence-corrected chi connectivity index (χ0v) is 16.9. The fourth-order valence-electron chi connectivity index (χ4n) is 5.22. The van der Waals surface area contributed by atoms with Gasteiger partial charge in [-0.1, -0.05) is 43.2 Å². The first-order valence-electron chi connectivity index (χ1n) is 10.1. The highest BCUT2D eigenvalue weighted by atomic mass is 32.1. The van der Waals surface area contributed by atoms with Crippen LogP contribution in [-0.2, 0) is 5.60 Å². The van der Waals surface area contributed by atoms with Crippen LogP contribution in [0, 0.1) is 12.8 Å². The first-order valence-corrected chi connectivity index (χ1v) is 11.0. The first kappa shape index (κ1) is 17.9. The summed E-state index contributed by atoms with van der Waals surface area (Å²) >= 11 is 1.51. The molecule has 1 amide bonds. The van der Waals surface area contributed by atoms with Gasteiger partial charge in [-0.15, -0.1) is 11.3 Å². The van der Waals surface area contributed by atoms with E-state index in [1.807, 2.05) is 58.1 Å². The van der Waals surface area contributed by atoms with Crippen molar-refractivity contribution in [3.05, 3.63) is 58.9 Å². The average molecular weight is 396 g/mol. The molecule has 6 heteroatoms. The second kappa shape index (κ2) is 6.71. The molecule has 2 fully saturated rings. The molecule has 5 nitrogen and oxygen atoms in total. The van der Waals surface area contributed by atoms with E-state index in [1.54, 1.807) is 0 Å². The quantitative estimate of drug-likeness (QED) is 0.714. The van der Waals surface area contributed by atoms with Gasteiger partial charge in [0.2, 0.25) is 0 Å². The Morgan fingerprint density at radius 2 is 2.04 bits per heavy atom. The molecular weight excluding hydrogens is 370 g/mol. The Bertz CT molecular complexity index is 1010. The predicted octanol–water partition coefficient (Wildman–Crippen LogP) is 4.00. The third-order valence-corrected chi connectivity index (χ3v) is 7.40. The lowest BCUT2D eigenvalue weighted by Crippen LogP contribution is -2.59. The van der Waals surface area contributed by atoms with Crippen LogP contribution in [0.25, 0.3) is 4.96 Å². The highest BCUT2D eigenvalue weighted by Gasteiger charge is 2.50. The Balaban J connectivity index is 1.50. The molecular formula is C22H25N3O2S. The van der Waals surface area contributed by atoms with Crippen molar-refractivity contribution in [1.82, 2.24) is 14.3 Å². The molecule has 3 heterocycles. The molecule has 3 atom stereocenters. The second-order valence-corrected chi connectivity index (χ2v) is 8.99. The Hall–Kier alpha value is -2.18. The van der Waals surface area contributed by atoms with Crippen LogP contribution in [0.3, 0.4) is 0 Å². The highest BCUT2D eigenvalue weighted by molar-refractivity contribution is 7.15. The molecule has 3 unspecified atom stereocenters. The van der Waals surface area contributed by atoms with Crippen LogP contribution in [0.15, 0.2) is 41.9 Å². The lowest BCUT2D eigenvalue weighted by atomic mass is 9.66. The van der Waals surface area contributed by atoms with Crippen LogP contribution in [0.2, 0.25) is 0 Å². The van der Waals surface area contributed by atoms with E-state index in [9.17, 15) is 9.90 Å². The van der Waals surface area contributed by atoms with Gasteiger partial charge < -0.3 is 10.0 Å². The van der Waals surface area contributed by atoms with E-state index < -0.39 is 5.60 Å². The Morgan fingerprint density at radius 3 is 2.86 bits per heavy atom. The van der Waals surface area contributed by atoms with Crippen molar-refractivity contribution < 1.29 is 9.90 Å². The number of imidazole rings is 1. The van der Waals surface area contributed by atoms with E-state index in [0.717, 1.165) is 41.9 Å². The van der Waals surface area contributed by atoms with E-state index in [2.05, 4.69) is 4.98 Å². The van der Waals surface area contributed by atoms with Gasteiger partial charge in [0.15, 0.2) is 4.96 Å². The Morgan fingerprint density at radius 1 is 1.25 bits per heavy atom. The number of fused-ring (bicyclic) bond motifs is 2. The second-order valence-electron chi connectivity index (χ2n) is 8.15. The number of hydrogen-bond acceptors (Lipinski definition) is 4. The zero-order valence-electron chi connectivity index (χ0n) is 16.0. The predicted molar refractivity (Wildman–Crippen MR) is 110 cm³/mol. The van der Waals surface area contributed by atoms with Crippen LogP contribution in [0.4, 0.5) is 0 Å². The number of likely N-dealkylation sites (tertiary alicyclic amines) is 1. The fourth-order valence-corrected chi connectivity index (χ4v) is 6.11. The molecule has 1 aliphatic heterocycles. The molecule has 5 rings (SSSR count). The molecule has 1 N–H and O–H groups in total. The Labute approximate surface area is 168 Å². The zero-order chi connectivity index (χ0) is 19.3. The number of thiazole rings is 1. The monoisotopic (exact) mass is 395 g/mol. The van der Waals surface area contributed by atoms with Gasteiger partial charge >= 0.3 is 0 Å². The largest absolute Gasteiger partial charge is 0.385 e. The minimum absolute atomic E-state index is 0.0654. The van der Waals surface area contributed by atoms with E-state index in [4.69, 9.17) is 0 Å². The van der Waals surface area contributed by atoms with E-state index >= 15 is 0 Å². The van der Waals surface area contributed by atoms with Crippen LogP contribution in [-0.4, -0.2) is 37.9 Å². The number of aliphatic hydroxyl groups is 1. The van der Waals surface area contributed by atoms with Gasteiger partial charge in [-0.3, -0.25) is 9.20 Å². The summed E-state index contributed by atoms with van der Waals surface area (Å²) in [5.74, 6) is 0.149. The number of carbonyl (C=O) groups is 1. The van der Waals surface area contributed by atoms with Gasteiger partial charge in [-0.25, -0.2) is 4.98 Å². The van der Waals surface area contributed by atoms with Crippen molar-refractivity contribution in [3.63, 3.8) is 0 Å². The third-order valence-electron chi connectivity index (χ3n) is 6.56. The molecule has 2 aliphatic rings. The SMILES string of the molecule is Cc1cn2c(C(=O)N3CCC(O)(c4ccccc4)C4CCCCC43)csc2n1. The van der Waals surface area contributed by atoms with Gasteiger partial charge in [0.25, 0.3) is 5.91 Å². The Kier molecular flexibility index (Phi) is 4.29. The highest BCUT2D eigenvalue weighted by Crippen LogP contribution is 2.47. The summed E-state index contributed by atoms with van der Waals surface area (Å²) in [5, 5.41) is 13.6. The molecule has 3 aromatic rings. The van der Waals surface area contributed by atoms with Gasteiger partial charge in [0.1, 0.15) is 5.69 Å². The topological polar surface area (TPSA) is 57.8 Å². The first-order chi connectivity index (χ1) is 13.6. The average Bonchev–Trinajstić information content (AvgIpc) is 3.27. The van der Waals surface area contributed by atoms with Gasteiger partial charge in [-0.2, -0.15) is 0 Å². The number of carbonyl (C=O) groups excluding carboxylic acids is 1. The molecule has 0 spiro atoms. The van der Waals surface area contributed by atoms with Gasteiger partial charge in [0, 0.05) is 30.1 Å². The smallest absolute Gasteiger partial charge is 0.272 e. The lowest BCUT2D eigenvalue weighted by Gasteiger charge is -2.52. The number of nitrogens with zero attached hydrogens (tertiary/aromatic N) is 3. The molecule has 1 saturated carbocycles. The molecule has 0 bridgehead atoms. The molecule has 1 aliphatic carbocycles. The summed E-state index contributed by atoms with van der Waals surface area (Å²) in [4.78, 5) is 20.9. The maximum Gasteiger partial charge on any atom is 0.272 e. The van der Waals surface area contributed by atoms with Crippen molar-refractivity contribution in [2.75, 3.05) is 6.54 Å².